The fourth-order valence-electron chi connectivity index (χ4n) is 2.10. The minimum Gasteiger partial charge on any atom is -0.490 e. The van der Waals surface area contributed by atoms with Gasteiger partial charge in [-0.1, -0.05) is 0 Å². The van der Waals surface area contributed by atoms with Crippen LogP contribution in [0.4, 0.5) is 8.78 Å². The van der Waals surface area contributed by atoms with E-state index in [2.05, 4.69) is 9.97 Å². The first-order valence-electron chi connectivity index (χ1n) is 7.89. The molecule has 2 aromatic carbocycles. The maximum atomic E-state index is 13.2. The second-order valence-electron chi connectivity index (χ2n) is 5.45. The lowest BCUT2D eigenvalue weighted by molar-refractivity contribution is 0.132. The van der Waals surface area contributed by atoms with Crippen molar-refractivity contribution in [3.63, 3.8) is 0 Å². The van der Waals surface area contributed by atoms with Crippen molar-refractivity contribution in [2.75, 3.05) is 6.61 Å². The predicted molar refractivity (Wildman–Crippen MR) is 90.5 cm³/mol. The number of halogens is 2. The van der Waals surface area contributed by atoms with E-state index in [1.807, 2.05) is 6.92 Å². The van der Waals surface area contributed by atoms with Gasteiger partial charge in [0.15, 0.2) is 0 Å². The van der Waals surface area contributed by atoms with Crippen molar-refractivity contribution in [2.45, 2.75) is 13.0 Å². The topological polar surface area (TPSA) is 53.5 Å². The molecule has 0 amide bonds. The van der Waals surface area contributed by atoms with Gasteiger partial charge in [-0.3, -0.25) is 0 Å². The van der Waals surface area contributed by atoms with Crippen molar-refractivity contribution in [1.82, 2.24) is 9.97 Å². The van der Waals surface area contributed by atoms with Crippen molar-refractivity contribution in [2.24, 2.45) is 0 Å². The highest BCUT2D eigenvalue weighted by Gasteiger charge is 2.08. The van der Waals surface area contributed by atoms with Crippen LogP contribution in [-0.4, -0.2) is 22.7 Å². The minimum absolute atomic E-state index is 0.0843. The van der Waals surface area contributed by atoms with E-state index < -0.39 is 11.6 Å². The van der Waals surface area contributed by atoms with Crippen molar-refractivity contribution in [3.8, 4) is 23.3 Å². The summed E-state index contributed by atoms with van der Waals surface area (Å²) in [4.78, 5) is 7.96. The summed E-state index contributed by atoms with van der Waals surface area (Å²) in [6.07, 6.45) is 2.95. The first-order valence-corrected chi connectivity index (χ1v) is 7.89. The Labute approximate surface area is 149 Å². The van der Waals surface area contributed by atoms with Gasteiger partial charge in [0.05, 0.1) is 0 Å². The fraction of sp³-hybridized carbons (Fsp3) is 0.158. The average molecular weight is 358 g/mol. The molecule has 1 heterocycles. The van der Waals surface area contributed by atoms with Crippen LogP contribution in [-0.2, 0) is 0 Å². The summed E-state index contributed by atoms with van der Waals surface area (Å²) in [6.45, 7) is 2.14. The highest BCUT2D eigenvalue weighted by atomic mass is 19.1. The van der Waals surface area contributed by atoms with Gasteiger partial charge in [-0.15, -0.1) is 0 Å². The molecule has 1 atom stereocenters. The number of rotatable bonds is 7. The zero-order chi connectivity index (χ0) is 18.4. The number of hydrogen-bond donors (Lipinski definition) is 0. The van der Waals surface area contributed by atoms with E-state index in [0.717, 1.165) is 18.2 Å². The van der Waals surface area contributed by atoms with Gasteiger partial charge in [-0.05, 0) is 37.3 Å². The van der Waals surface area contributed by atoms with Gasteiger partial charge in [-0.2, -0.15) is 0 Å². The molecule has 1 unspecified atom stereocenters. The SMILES string of the molecule is CC(COc1ccc(Oc2cc(F)cc(F)c2)cc1)Oc1ncccn1. The monoisotopic (exact) mass is 358 g/mol. The molecule has 1 aromatic heterocycles. The van der Waals surface area contributed by atoms with E-state index in [1.165, 1.54) is 0 Å². The van der Waals surface area contributed by atoms with Crippen LogP contribution in [0.2, 0.25) is 0 Å². The molecule has 0 N–H and O–H groups in total. The number of hydrogen-bond acceptors (Lipinski definition) is 5. The molecule has 0 fully saturated rings. The zero-order valence-electron chi connectivity index (χ0n) is 13.9. The number of nitrogens with zero attached hydrogens (tertiary/aromatic N) is 2. The fourth-order valence-corrected chi connectivity index (χ4v) is 2.10. The summed E-state index contributed by atoms with van der Waals surface area (Å²) in [7, 11) is 0. The second-order valence-corrected chi connectivity index (χ2v) is 5.45. The summed E-state index contributed by atoms with van der Waals surface area (Å²) >= 11 is 0. The van der Waals surface area contributed by atoms with E-state index in [-0.39, 0.29) is 17.9 Å². The van der Waals surface area contributed by atoms with Crippen LogP contribution in [0, 0.1) is 11.6 Å². The standard InChI is InChI=1S/C19H16F2N2O3/c1-13(25-19-22-7-2-8-23-19)12-24-16-3-5-17(6-4-16)26-18-10-14(20)9-15(21)11-18/h2-11,13H,12H2,1H3. The van der Waals surface area contributed by atoms with E-state index >= 15 is 0 Å². The summed E-state index contributed by atoms with van der Waals surface area (Å²) < 4.78 is 42.9. The minimum atomic E-state index is -0.698. The van der Waals surface area contributed by atoms with Gasteiger partial charge >= 0.3 is 6.01 Å². The molecule has 0 aliphatic heterocycles. The first kappa shape index (κ1) is 17.6. The smallest absolute Gasteiger partial charge is 0.316 e. The van der Waals surface area contributed by atoms with Gasteiger partial charge in [0, 0.05) is 30.6 Å². The van der Waals surface area contributed by atoms with Crippen molar-refractivity contribution < 1.29 is 23.0 Å². The van der Waals surface area contributed by atoms with E-state index in [1.54, 1.807) is 42.7 Å². The summed E-state index contributed by atoms with van der Waals surface area (Å²) in [5, 5.41) is 0. The first-order chi connectivity index (χ1) is 12.6. The molecule has 7 heteroatoms. The van der Waals surface area contributed by atoms with E-state index in [9.17, 15) is 8.78 Å². The Morgan fingerprint density at radius 1 is 0.885 bits per heavy atom. The van der Waals surface area contributed by atoms with Gasteiger partial charge in [-0.25, -0.2) is 18.7 Å². The normalized spacial score (nSPS) is 11.7. The molecule has 5 nitrogen and oxygen atoms in total. The predicted octanol–water partition coefficient (Wildman–Crippen LogP) is 4.39. The molecule has 26 heavy (non-hydrogen) atoms. The van der Waals surface area contributed by atoms with Crippen LogP contribution in [0.3, 0.4) is 0 Å². The third-order valence-corrected chi connectivity index (χ3v) is 3.23. The quantitative estimate of drug-likeness (QED) is 0.627. The average Bonchev–Trinajstić information content (AvgIpc) is 2.61. The Morgan fingerprint density at radius 3 is 2.15 bits per heavy atom. The maximum absolute atomic E-state index is 13.2. The summed E-state index contributed by atoms with van der Waals surface area (Å²) in [6, 6.07) is 11.7. The van der Waals surface area contributed by atoms with Crippen LogP contribution >= 0.6 is 0 Å². The molecule has 134 valence electrons. The molecule has 0 radical (unpaired) electrons. The molecule has 0 saturated heterocycles. The second kappa shape index (κ2) is 8.24. The molecule has 0 saturated carbocycles. The van der Waals surface area contributed by atoms with Crippen LogP contribution in [0.1, 0.15) is 6.92 Å². The third-order valence-electron chi connectivity index (χ3n) is 3.23. The molecule has 0 aliphatic carbocycles. The lowest BCUT2D eigenvalue weighted by atomic mass is 10.3. The molecular weight excluding hydrogens is 342 g/mol. The lowest BCUT2D eigenvalue weighted by Crippen LogP contribution is -2.22. The van der Waals surface area contributed by atoms with Crippen molar-refractivity contribution in [1.29, 1.82) is 0 Å². The van der Waals surface area contributed by atoms with Crippen LogP contribution in [0.25, 0.3) is 0 Å². The zero-order valence-corrected chi connectivity index (χ0v) is 13.9. The highest BCUT2D eigenvalue weighted by Crippen LogP contribution is 2.25. The van der Waals surface area contributed by atoms with E-state index in [0.29, 0.717) is 18.1 Å². The molecule has 0 spiro atoms. The molecule has 0 bridgehead atoms. The maximum Gasteiger partial charge on any atom is 0.316 e. The van der Waals surface area contributed by atoms with Gasteiger partial charge in [0.25, 0.3) is 0 Å². The van der Waals surface area contributed by atoms with Gasteiger partial charge < -0.3 is 14.2 Å². The Kier molecular flexibility index (Phi) is 5.58. The van der Waals surface area contributed by atoms with Crippen LogP contribution < -0.4 is 14.2 Å². The van der Waals surface area contributed by atoms with Gasteiger partial charge in [0.1, 0.15) is 41.6 Å². The van der Waals surface area contributed by atoms with Crippen LogP contribution in [0.5, 0.6) is 23.3 Å². The van der Waals surface area contributed by atoms with Gasteiger partial charge in [0.2, 0.25) is 0 Å². The molecule has 3 rings (SSSR count). The Bertz CT molecular complexity index is 825. The summed E-state index contributed by atoms with van der Waals surface area (Å²) in [5.74, 6) is -0.273. The Hall–Kier alpha value is -3.22. The van der Waals surface area contributed by atoms with Crippen molar-refractivity contribution in [3.05, 3.63) is 72.6 Å². The Balaban J connectivity index is 1.52. The van der Waals surface area contributed by atoms with E-state index in [4.69, 9.17) is 14.2 Å². The Morgan fingerprint density at radius 2 is 1.50 bits per heavy atom. The van der Waals surface area contributed by atoms with Crippen LogP contribution in [0.15, 0.2) is 60.9 Å². The highest BCUT2D eigenvalue weighted by molar-refractivity contribution is 5.35. The lowest BCUT2D eigenvalue weighted by Gasteiger charge is -2.14. The largest absolute Gasteiger partial charge is 0.490 e. The summed E-state index contributed by atoms with van der Waals surface area (Å²) in [5.41, 5.74) is 0. The third kappa shape index (κ3) is 5.14. The number of aromatic nitrogens is 2. The molecule has 0 aliphatic rings. The molecule has 3 aromatic rings. The number of benzene rings is 2. The molecular formula is C19H16F2N2O3. The van der Waals surface area contributed by atoms with Crippen molar-refractivity contribution >= 4 is 0 Å². The number of ether oxygens (including phenoxy) is 3.